The highest BCUT2D eigenvalue weighted by Gasteiger charge is 2.49. The van der Waals surface area contributed by atoms with Crippen molar-refractivity contribution in [3.05, 3.63) is 64.2 Å². The Morgan fingerprint density at radius 1 is 1.12 bits per heavy atom. The molecule has 2 aliphatic rings. The van der Waals surface area contributed by atoms with E-state index in [4.69, 9.17) is 0 Å². The van der Waals surface area contributed by atoms with Crippen molar-refractivity contribution in [3.8, 4) is 6.07 Å². The highest BCUT2D eigenvalue weighted by Crippen LogP contribution is 2.50. The third-order valence-corrected chi connectivity index (χ3v) is 7.43. The van der Waals surface area contributed by atoms with Gasteiger partial charge in [0.2, 0.25) is 11.4 Å². The summed E-state index contributed by atoms with van der Waals surface area (Å²) < 4.78 is 1.94. The molecule has 2 N–H and O–H groups in total. The van der Waals surface area contributed by atoms with Crippen LogP contribution in [-0.4, -0.2) is 45.5 Å². The molecule has 0 atom stereocenters. The summed E-state index contributed by atoms with van der Waals surface area (Å²) in [4.78, 5) is 25.7. The second kappa shape index (κ2) is 8.99. The van der Waals surface area contributed by atoms with Crippen molar-refractivity contribution in [3.63, 3.8) is 0 Å². The van der Waals surface area contributed by atoms with Gasteiger partial charge in [-0.3, -0.25) is 9.59 Å². The average Bonchev–Trinajstić information content (AvgIpc) is 3.24. The van der Waals surface area contributed by atoms with Gasteiger partial charge in [-0.1, -0.05) is 36.0 Å². The number of aryl methyl sites for hydroxylation is 1. The molecule has 34 heavy (non-hydrogen) atoms. The topological polar surface area (TPSA) is 105 Å². The lowest BCUT2D eigenvalue weighted by molar-refractivity contribution is -0.437. The van der Waals surface area contributed by atoms with Crippen LogP contribution in [-0.2, 0) is 15.0 Å². The van der Waals surface area contributed by atoms with Crippen LogP contribution in [0.3, 0.4) is 0 Å². The van der Waals surface area contributed by atoms with E-state index in [2.05, 4.69) is 6.07 Å². The van der Waals surface area contributed by atoms with Crippen LogP contribution in [0.25, 0.3) is 0 Å². The molecule has 4 rings (SSSR count). The molecule has 0 amide bonds. The molecule has 174 valence electrons. The molecule has 2 aromatic carbocycles. The van der Waals surface area contributed by atoms with Crippen LogP contribution in [0, 0.1) is 18.3 Å². The number of allylic oxidation sites excluding steroid dienone is 1. The first-order valence-electron chi connectivity index (χ1n) is 11.0. The minimum atomic E-state index is -0.909. The van der Waals surface area contributed by atoms with E-state index in [0.29, 0.717) is 10.6 Å². The number of benzene rings is 2. The Morgan fingerprint density at radius 2 is 1.82 bits per heavy atom. The summed E-state index contributed by atoms with van der Waals surface area (Å²) in [6.07, 6.45) is -0.144. The number of hydrogen-bond donors (Lipinski definition) is 2. The van der Waals surface area contributed by atoms with E-state index in [0.717, 1.165) is 33.1 Å². The standard InChI is InChI=1S/C26H25N3O4S/c1-16-8-9-21-20(14-16)29(13-11-23(32)33)25(34-21)17(15-27)24-26(2,3)18-6-4-5-7-19(18)28(24)12-10-22(30)31/h4-9,14H,10-13H2,1-3H3,(H-,30,31,32,33)/p+1. The molecule has 7 nitrogen and oxygen atoms in total. The number of nitrogens with zero attached hydrogens (tertiary/aromatic N) is 3. The van der Waals surface area contributed by atoms with Crippen molar-refractivity contribution in [2.45, 2.75) is 43.9 Å². The molecule has 0 unspecified atom stereocenters. The van der Waals surface area contributed by atoms with Gasteiger partial charge in [0.25, 0.3) is 0 Å². The molecule has 8 heteroatoms. The quantitative estimate of drug-likeness (QED) is 0.442. The Bertz CT molecular complexity index is 1300. The maximum atomic E-state index is 11.4. The highest BCUT2D eigenvalue weighted by molar-refractivity contribution is 8.03. The van der Waals surface area contributed by atoms with Crippen molar-refractivity contribution in [1.29, 1.82) is 5.26 Å². The summed E-state index contributed by atoms with van der Waals surface area (Å²) in [5, 5.41) is 29.9. The van der Waals surface area contributed by atoms with Gasteiger partial charge in [-0.25, -0.2) is 0 Å². The van der Waals surface area contributed by atoms with Crippen molar-refractivity contribution in [2.24, 2.45) is 0 Å². The number of hydrogen-bond acceptors (Lipinski definition) is 5. The molecule has 0 radical (unpaired) electrons. The van der Waals surface area contributed by atoms with Gasteiger partial charge in [0.1, 0.15) is 17.5 Å². The summed E-state index contributed by atoms with van der Waals surface area (Å²) in [6, 6.07) is 16.2. The number of fused-ring (bicyclic) bond motifs is 2. The van der Waals surface area contributed by atoms with Gasteiger partial charge in [-0.15, -0.1) is 0 Å². The van der Waals surface area contributed by atoms with Crippen LogP contribution in [0.1, 0.15) is 37.8 Å². The maximum absolute atomic E-state index is 11.4. The fourth-order valence-corrected chi connectivity index (χ4v) is 5.88. The molecule has 0 spiro atoms. The van der Waals surface area contributed by atoms with Crippen LogP contribution in [0.5, 0.6) is 0 Å². The van der Waals surface area contributed by atoms with Crippen molar-refractivity contribution in [1.82, 2.24) is 0 Å². The van der Waals surface area contributed by atoms with E-state index in [1.807, 2.05) is 72.7 Å². The monoisotopic (exact) mass is 476 g/mol. The molecular weight excluding hydrogens is 450 g/mol. The van der Waals surface area contributed by atoms with E-state index < -0.39 is 17.4 Å². The zero-order valence-electron chi connectivity index (χ0n) is 19.3. The summed E-state index contributed by atoms with van der Waals surface area (Å²) in [6.45, 7) is 6.52. The largest absolute Gasteiger partial charge is 0.481 e. The first kappa shape index (κ1) is 23.6. The molecule has 0 aromatic heterocycles. The van der Waals surface area contributed by atoms with Crippen LogP contribution >= 0.6 is 11.8 Å². The van der Waals surface area contributed by atoms with Gasteiger partial charge in [0, 0.05) is 23.1 Å². The molecular formula is C26H26N3O4S+. The number of rotatable bonds is 7. The molecule has 2 aliphatic heterocycles. The molecule has 2 aromatic rings. The van der Waals surface area contributed by atoms with Gasteiger partial charge in [0.15, 0.2) is 12.1 Å². The Hall–Kier alpha value is -3.57. The second-order valence-electron chi connectivity index (χ2n) is 8.95. The van der Waals surface area contributed by atoms with Crippen LogP contribution < -0.4 is 4.90 Å². The fourth-order valence-electron chi connectivity index (χ4n) is 4.72. The summed E-state index contributed by atoms with van der Waals surface area (Å²) >= 11 is 1.46. The van der Waals surface area contributed by atoms with Gasteiger partial charge >= 0.3 is 11.9 Å². The van der Waals surface area contributed by atoms with Crippen LogP contribution in [0.4, 0.5) is 11.4 Å². The zero-order chi connectivity index (χ0) is 24.6. The Labute approximate surface area is 202 Å². The molecule has 0 saturated heterocycles. The van der Waals surface area contributed by atoms with E-state index in [9.17, 15) is 25.1 Å². The predicted molar refractivity (Wildman–Crippen MR) is 131 cm³/mol. The van der Waals surface area contributed by atoms with Crippen molar-refractivity contribution < 1.29 is 24.4 Å². The molecule has 0 saturated carbocycles. The fraction of sp³-hybridized carbons (Fsp3) is 0.308. The SMILES string of the molecule is Cc1ccc2c(c1)N(CCC(=O)O)/C(=C(\C#N)C1=[N+](CCC(=O)O)c3ccccc3C1(C)C)S2. The van der Waals surface area contributed by atoms with E-state index in [-0.39, 0.29) is 25.9 Å². The Kier molecular flexibility index (Phi) is 6.24. The number of carbonyl (C=O) groups is 2. The average molecular weight is 477 g/mol. The lowest BCUT2D eigenvalue weighted by Gasteiger charge is -2.23. The van der Waals surface area contributed by atoms with Gasteiger partial charge < -0.3 is 15.1 Å². The smallest absolute Gasteiger partial charge is 0.309 e. The maximum Gasteiger partial charge on any atom is 0.309 e. The third-order valence-electron chi connectivity index (χ3n) is 6.25. The Balaban J connectivity index is 1.94. The number of para-hydroxylation sites is 1. The summed E-state index contributed by atoms with van der Waals surface area (Å²) in [5.74, 6) is -1.82. The first-order valence-corrected chi connectivity index (χ1v) is 11.9. The third kappa shape index (κ3) is 4.08. The summed E-state index contributed by atoms with van der Waals surface area (Å²) in [7, 11) is 0. The number of anilines is 1. The van der Waals surface area contributed by atoms with E-state index >= 15 is 0 Å². The van der Waals surface area contributed by atoms with E-state index in [1.54, 1.807) is 0 Å². The zero-order valence-corrected chi connectivity index (χ0v) is 20.1. The van der Waals surface area contributed by atoms with Gasteiger partial charge in [-0.05, 0) is 38.5 Å². The number of nitriles is 1. The number of aliphatic carboxylic acids is 2. The molecule has 2 heterocycles. The van der Waals surface area contributed by atoms with Crippen molar-refractivity contribution in [2.75, 3.05) is 18.0 Å². The number of thioether (sulfide) groups is 1. The normalized spacial score (nSPS) is 17.3. The van der Waals surface area contributed by atoms with Gasteiger partial charge in [-0.2, -0.15) is 9.84 Å². The lowest BCUT2D eigenvalue weighted by Crippen LogP contribution is -2.34. The molecule has 0 fully saturated rings. The minimum Gasteiger partial charge on any atom is -0.481 e. The lowest BCUT2D eigenvalue weighted by atomic mass is 9.79. The highest BCUT2D eigenvalue weighted by atomic mass is 32.2. The van der Waals surface area contributed by atoms with Crippen LogP contribution in [0.2, 0.25) is 0 Å². The van der Waals surface area contributed by atoms with Crippen molar-refractivity contribution >= 4 is 40.8 Å². The Morgan fingerprint density at radius 3 is 2.50 bits per heavy atom. The van der Waals surface area contributed by atoms with Gasteiger partial charge in [0.05, 0.1) is 17.5 Å². The predicted octanol–water partition coefficient (Wildman–Crippen LogP) is 4.67. The number of carboxylic acids is 2. The number of carboxylic acid groups (broad SMARTS) is 2. The van der Waals surface area contributed by atoms with Crippen LogP contribution in [0.15, 0.2) is 58.0 Å². The summed E-state index contributed by atoms with van der Waals surface area (Å²) in [5.41, 5.74) is 4.49. The minimum absolute atomic E-state index is 0.0716. The molecule has 0 bridgehead atoms. The second-order valence-corrected chi connectivity index (χ2v) is 9.98. The van der Waals surface area contributed by atoms with E-state index in [1.165, 1.54) is 11.8 Å². The molecule has 0 aliphatic carbocycles. The first-order chi connectivity index (χ1) is 16.1.